The Morgan fingerprint density at radius 3 is 2.81 bits per heavy atom. The van der Waals surface area contributed by atoms with Crippen LogP contribution in [0.4, 0.5) is 0 Å². The van der Waals surface area contributed by atoms with Crippen LogP contribution in [0.1, 0.15) is 25.1 Å². The van der Waals surface area contributed by atoms with Gasteiger partial charge >= 0.3 is 0 Å². The number of aromatic nitrogens is 2. The summed E-state index contributed by atoms with van der Waals surface area (Å²) in [4.78, 5) is 16.5. The number of nitrogens with zero attached hydrogens (tertiary/aromatic N) is 3. The quantitative estimate of drug-likeness (QED) is 0.773. The standard InChI is InChI=1S/C22H26N4O/c1-15(2)25(3)21(27)14-26-12-11-20-19(13-26)22(24-23-20)18-10-6-8-16-7-4-5-9-17(16)18/h4-10,15H,11-14H2,1-3H3,(H,23,24). The number of carbonyl (C=O) groups excluding carboxylic acids is 1. The highest BCUT2D eigenvalue weighted by atomic mass is 16.2. The average Bonchev–Trinajstić information content (AvgIpc) is 3.09. The van der Waals surface area contributed by atoms with E-state index in [9.17, 15) is 4.79 Å². The molecular formula is C22H26N4O. The van der Waals surface area contributed by atoms with Gasteiger partial charge in [-0.05, 0) is 24.6 Å². The number of rotatable bonds is 4. The molecule has 0 spiro atoms. The van der Waals surface area contributed by atoms with Gasteiger partial charge in [-0.25, -0.2) is 0 Å². The second kappa shape index (κ2) is 7.16. The normalized spacial score (nSPS) is 14.5. The predicted molar refractivity (Wildman–Crippen MR) is 108 cm³/mol. The molecule has 0 saturated carbocycles. The van der Waals surface area contributed by atoms with Gasteiger partial charge in [-0.2, -0.15) is 5.10 Å². The van der Waals surface area contributed by atoms with Crippen LogP contribution in [0.25, 0.3) is 22.0 Å². The number of H-pyrrole nitrogens is 1. The molecular weight excluding hydrogens is 336 g/mol. The molecule has 5 heteroatoms. The maximum Gasteiger partial charge on any atom is 0.236 e. The lowest BCUT2D eigenvalue weighted by Crippen LogP contribution is -2.43. The molecule has 0 saturated heterocycles. The lowest BCUT2D eigenvalue weighted by Gasteiger charge is -2.29. The van der Waals surface area contributed by atoms with E-state index in [-0.39, 0.29) is 11.9 Å². The Kier molecular flexibility index (Phi) is 4.70. The van der Waals surface area contributed by atoms with E-state index in [1.54, 1.807) is 0 Å². The molecule has 0 fully saturated rings. The summed E-state index contributed by atoms with van der Waals surface area (Å²) in [5, 5.41) is 10.3. The van der Waals surface area contributed by atoms with E-state index in [0.29, 0.717) is 6.54 Å². The molecule has 2 heterocycles. The largest absolute Gasteiger partial charge is 0.342 e. The molecule has 0 radical (unpaired) electrons. The Labute approximate surface area is 160 Å². The highest BCUT2D eigenvalue weighted by Crippen LogP contribution is 2.33. The minimum atomic E-state index is 0.170. The first-order valence-electron chi connectivity index (χ1n) is 9.57. The van der Waals surface area contributed by atoms with Crippen molar-refractivity contribution < 1.29 is 4.79 Å². The summed E-state index contributed by atoms with van der Waals surface area (Å²) in [6.45, 7) is 6.17. The molecule has 140 valence electrons. The van der Waals surface area contributed by atoms with Crippen molar-refractivity contribution in [2.75, 3.05) is 20.1 Å². The van der Waals surface area contributed by atoms with Crippen LogP contribution in [0.3, 0.4) is 0 Å². The van der Waals surface area contributed by atoms with E-state index >= 15 is 0 Å². The van der Waals surface area contributed by atoms with Crippen LogP contribution >= 0.6 is 0 Å². The molecule has 3 aromatic rings. The smallest absolute Gasteiger partial charge is 0.236 e. The highest BCUT2D eigenvalue weighted by molar-refractivity contribution is 5.96. The lowest BCUT2D eigenvalue weighted by molar-refractivity contribution is -0.132. The van der Waals surface area contributed by atoms with Crippen molar-refractivity contribution in [3.63, 3.8) is 0 Å². The number of benzene rings is 2. The summed E-state index contributed by atoms with van der Waals surface area (Å²) in [6, 6.07) is 15.0. The molecule has 0 bridgehead atoms. The van der Waals surface area contributed by atoms with Crippen molar-refractivity contribution in [1.29, 1.82) is 0 Å². The second-order valence-corrected chi connectivity index (χ2v) is 7.62. The highest BCUT2D eigenvalue weighted by Gasteiger charge is 2.25. The summed E-state index contributed by atoms with van der Waals surface area (Å²) in [5.41, 5.74) is 4.57. The monoisotopic (exact) mass is 362 g/mol. The fourth-order valence-corrected chi connectivity index (χ4v) is 3.73. The van der Waals surface area contributed by atoms with Gasteiger partial charge in [-0.3, -0.25) is 14.8 Å². The van der Waals surface area contributed by atoms with Gasteiger partial charge in [0.1, 0.15) is 0 Å². The first kappa shape index (κ1) is 17.7. The molecule has 5 nitrogen and oxygen atoms in total. The van der Waals surface area contributed by atoms with Gasteiger partial charge in [0, 0.05) is 49.4 Å². The minimum absolute atomic E-state index is 0.170. The number of hydrogen-bond acceptors (Lipinski definition) is 3. The first-order valence-corrected chi connectivity index (χ1v) is 9.57. The Morgan fingerprint density at radius 2 is 2.00 bits per heavy atom. The topological polar surface area (TPSA) is 52.2 Å². The number of hydrogen-bond donors (Lipinski definition) is 1. The number of likely N-dealkylation sites (N-methyl/N-ethyl adjacent to an activating group) is 1. The van der Waals surface area contributed by atoms with Gasteiger partial charge in [0.25, 0.3) is 0 Å². The van der Waals surface area contributed by atoms with E-state index in [1.807, 2.05) is 25.8 Å². The van der Waals surface area contributed by atoms with Gasteiger partial charge in [-0.1, -0.05) is 42.5 Å². The fourth-order valence-electron chi connectivity index (χ4n) is 3.73. The third-order valence-corrected chi connectivity index (χ3v) is 5.58. The van der Waals surface area contributed by atoms with Crippen LogP contribution in [-0.4, -0.2) is 52.1 Å². The van der Waals surface area contributed by atoms with Gasteiger partial charge < -0.3 is 4.90 Å². The number of fused-ring (bicyclic) bond motifs is 2. The number of amides is 1. The van der Waals surface area contributed by atoms with Crippen LogP contribution < -0.4 is 0 Å². The van der Waals surface area contributed by atoms with E-state index in [0.717, 1.165) is 30.8 Å². The van der Waals surface area contributed by atoms with E-state index in [2.05, 4.69) is 57.6 Å². The zero-order chi connectivity index (χ0) is 19.0. The zero-order valence-corrected chi connectivity index (χ0v) is 16.2. The lowest BCUT2D eigenvalue weighted by atomic mass is 9.97. The van der Waals surface area contributed by atoms with Gasteiger partial charge in [0.05, 0.1) is 12.2 Å². The Balaban J connectivity index is 1.63. The van der Waals surface area contributed by atoms with Crippen molar-refractivity contribution in [1.82, 2.24) is 20.0 Å². The Hall–Kier alpha value is -2.66. The van der Waals surface area contributed by atoms with Crippen LogP contribution in [0.5, 0.6) is 0 Å². The summed E-state index contributed by atoms with van der Waals surface area (Å²) in [6.07, 6.45) is 0.895. The Bertz CT molecular complexity index is 970. The molecule has 2 aromatic carbocycles. The molecule has 1 aliphatic heterocycles. The van der Waals surface area contributed by atoms with E-state index in [1.165, 1.54) is 22.0 Å². The van der Waals surface area contributed by atoms with Crippen molar-refractivity contribution in [3.05, 3.63) is 53.7 Å². The summed E-state index contributed by atoms with van der Waals surface area (Å²) in [7, 11) is 1.88. The van der Waals surface area contributed by atoms with Crippen molar-refractivity contribution in [2.24, 2.45) is 0 Å². The number of nitrogens with one attached hydrogen (secondary N) is 1. The average molecular weight is 362 g/mol. The SMILES string of the molecule is CC(C)N(C)C(=O)CN1CCc2[nH]nc(-c3cccc4ccccc34)c2C1. The molecule has 1 aromatic heterocycles. The molecule has 1 amide bonds. The maximum atomic E-state index is 12.5. The molecule has 0 aliphatic carbocycles. The van der Waals surface area contributed by atoms with Gasteiger partial charge in [0.15, 0.2) is 0 Å². The molecule has 0 atom stereocenters. The first-order chi connectivity index (χ1) is 13.0. The van der Waals surface area contributed by atoms with Gasteiger partial charge in [0.2, 0.25) is 5.91 Å². The molecule has 0 unspecified atom stereocenters. The molecule has 4 rings (SSSR count). The number of aromatic amines is 1. The van der Waals surface area contributed by atoms with Crippen molar-refractivity contribution in [3.8, 4) is 11.3 Å². The summed E-state index contributed by atoms with van der Waals surface area (Å²) < 4.78 is 0. The van der Waals surface area contributed by atoms with E-state index in [4.69, 9.17) is 0 Å². The molecule has 1 aliphatic rings. The van der Waals surface area contributed by atoms with Gasteiger partial charge in [-0.15, -0.1) is 0 Å². The van der Waals surface area contributed by atoms with Crippen LogP contribution in [-0.2, 0) is 17.8 Å². The van der Waals surface area contributed by atoms with Crippen LogP contribution in [0.2, 0.25) is 0 Å². The van der Waals surface area contributed by atoms with Crippen molar-refractivity contribution in [2.45, 2.75) is 32.9 Å². The molecule has 27 heavy (non-hydrogen) atoms. The summed E-state index contributed by atoms with van der Waals surface area (Å²) in [5.74, 6) is 0.170. The summed E-state index contributed by atoms with van der Waals surface area (Å²) >= 11 is 0. The minimum Gasteiger partial charge on any atom is -0.342 e. The molecule has 1 N–H and O–H groups in total. The maximum absolute atomic E-state index is 12.5. The Morgan fingerprint density at radius 1 is 1.22 bits per heavy atom. The van der Waals surface area contributed by atoms with Crippen molar-refractivity contribution >= 4 is 16.7 Å². The van der Waals surface area contributed by atoms with Crippen LogP contribution in [0.15, 0.2) is 42.5 Å². The number of carbonyl (C=O) groups is 1. The third kappa shape index (κ3) is 3.35. The third-order valence-electron chi connectivity index (χ3n) is 5.58. The van der Waals surface area contributed by atoms with Crippen LogP contribution in [0, 0.1) is 0 Å². The second-order valence-electron chi connectivity index (χ2n) is 7.62. The fraction of sp³-hybridized carbons (Fsp3) is 0.364. The van der Waals surface area contributed by atoms with E-state index < -0.39 is 0 Å². The predicted octanol–water partition coefficient (Wildman–Crippen LogP) is 3.45. The zero-order valence-electron chi connectivity index (χ0n) is 16.2.